The SMILES string of the molecule is CC(C)[C@@H]1CC[C@]2(C)C3CC4C[C@@]4(C)[C@@H]2[C@H]31. The van der Waals surface area contributed by atoms with Gasteiger partial charge in [-0.2, -0.15) is 0 Å². The lowest BCUT2D eigenvalue weighted by Crippen LogP contribution is -2.67. The predicted octanol–water partition coefficient (Wildman–Crippen LogP) is 4.35. The second-order valence-corrected chi connectivity index (χ2v) is 8.26. The largest absolute Gasteiger partial charge is 0.0625 e. The Labute approximate surface area is 100 Å². The molecule has 0 aromatic carbocycles. The highest BCUT2D eigenvalue weighted by Crippen LogP contribution is 2.84. The Kier molecular flexibility index (Phi) is 1.59. The Morgan fingerprint density at radius 1 is 1.12 bits per heavy atom. The Bertz CT molecular complexity index is 344. The van der Waals surface area contributed by atoms with Gasteiger partial charge >= 0.3 is 0 Å². The molecule has 0 spiro atoms. The molecule has 0 nitrogen and oxygen atoms in total. The van der Waals surface area contributed by atoms with Crippen molar-refractivity contribution in [2.75, 3.05) is 0 Å². The summed E-state index contributed by atoms with van der Waals surface area (Å²) >= 11 is 0. The van der Waals surface area contributed by atoms with Crippen molar-refractivity contribution in [3.63, 3.8) is 0 Å². The average Bonchev–Trinajstić information content (AvgIpc) is 2.89. The summed E-state index contributed by atoms with van der Waals surface area (Å²) in [7, 11) is 0. The zero-order valence-electron chi connectivity index (χ0n) is 11.3. The fourth-order valence-electron chi connectivity index (χ4n) is 6.69. The zero-order chi connectivity index (χ0) is 11.3. The van der Waals surface area contributed by atoms with Crippen molar-refractivity contribution in [2.45, 2.75) is 53.4 Å². The maximum absolute atomic E-state index is 2.63. The Hall–Kier alpha value is 0. The van der Waals surface area contributed by atoms with Crippen LogP contribution in [0, 0.1) is 46.3 Å². The van der Waals surface area contributed by atoms with Crippen molar-refractivity contribution in [2.24, 2.45) is 46.3 Å². The molecule has 0 aromatic heterocycles. The van der Waals surface area contributed by atoms with Crippen LogP contribution < -0.4 is 0 Å². The summed E-state index contributed by atoms with van der Waals surface area (Å²) in [5, 5.41) is 0. The molecule has 5 rings (SSSR count). The molecule has 0 aromatic rings. The van der Waals surface area contributed by atoms with E-state index in [9.17, 15) is 0 Å². The normalized spacial score (nSPS) is 66.2. The highest BCUT2D eigenvalue weighted by Gasteiger charge is 2.77. The molecule has 4 bridgehead atoms. The summed E-state index contributed by atoms with van der Waals surface area (Å²) in [6.07, 6.45) is 6.25. The van der Waals surface area contributed by atoms with Gasteiger partial charge in [0, 0.05) is 0 Å². The summed E-state index contributed by atoms with van der Waals surface area (Å²) < 4.78 is 0. The minimum absolute atomic E-state index is 0.776. The minimum atomic E-state index is 0.776. The lowest BCUT2D eigenvalue weighted by molar-refractivity contribution is -0.245. The second-order valence-electron chi connectivity index (χ2n) is 8.26. The summed E-state index contributed by atoms with van der Waals surface area (Å²) in [6, 6.07) is 0. The number of rotatable bonds is 1. The van der Waals surface area contributed by atoms with E-state index in [0.29, 0.717) is 0 Å². The number of fused-ring (bicyclic) bond motifs is 3. The molecule has 0 heterocycles. The van der Waals surface area contributed by atoms with Crippen LogP contribution >= 0.6 is 0 Å². The van der Waals surface area contributed by atoms with Gasteiger partial charge < -0.3 is 0 Å². The fourth-order valence-corrected chi connectivity index (χ4v) is 6.69. The van der Waals surface area contributed by atoms with Gasteiger partial charge in [-0.25, -0.2) is 0 Å². The monoisotopic (exact) mass is 218 g/mol. The van der Waals surface area contributed by atoms with Gasteiger partial charge in [-0.05, 0) is 72.0 Å². The van der Waals surface area contributed by atoms with Gasteiger partial charge in [0.2, 0.25) is 0 Å². The van der Waals surface area contributed by atoms with E-state index in [4.69, 9.17) is 0 Å². The maximum Gasteiger partial charge on any atom is -0.0258 e. The average molecular weight is 218 g/mol. The Morgan fingerprint density at radius 2 is 1.88 bits per heavy atom. The van der Waals surface area contributed by atoms with Gasteiger partial charge in [-0.1, -0.05) is 27.7 Å². The van der Waals surface area contributed by atoms with E-state index in [1.54, 1.807) is 19.3 Å². The van der Waals surface area contributed by atoms with E-state index in [1.165, 1.54) is 6.42 Å². The standard InChI is InChI=1S/C16H26/c1-9(2)11-5-6-15(3)12-7-10-8-16(10,4)14(15)13(11)12/h9-14H,5-8H2,1-4H3/t10?,11-,12?,13-,14+,15+,16+/m0/s1. The van der Waals surface area contributed by atoms with Crippen molar-refractivity contribution in [3.05, 3.63) is 0 Å². The Morgan fingerprint density at radius 3 is 2.50 bits per heavy atom. The molecule has 0 aliphatic heterocycles. The van der Waals surface area contributed by atoms with Crippen molar-refractivity contribution >= 4 is 0 Å². The Balaban J connectivity index is 1.73. The predicted molar refractivity (Wildman–Crippen MR) is 67.0 cm³/mol. The molecular formula is C16H26. The van der Waals surface area contributed by atoms with Crippen LogP contribution in [0.15, 0.2) is 0 Å². The molecule has 5 saturated carbocycles. The zero-order valence-corrected chi connectivity index (χ0v) is 11.3. The van der Waals surface area contributed by atoms with E-state index in [-0.39, 0.29) is 0 Å². The molecule has 2 unspecified atom stereocenters. The van der Waals surface area contributed by atoms with E-state index in [0.717, 1.165) is 46.3 Å². The molecule has 0 N–H and O–H groups in total. The molecule has 5 aliphatic rings. The van der Waals surface area contributed by atoms with Crippen LogP contribution in [0.1, 0.15) is 53.4 Å². The quantitative estimate of drug-likeness (QED) is 0.614. The third-order valence-corrected chi connectivity index (χ3v) is 7.48. The third-order valence-electron chi connectivity index (χ3n) is 7.48. The first-order valence-corrected chi connectivity index (χ1v) is 7.48. The molecule has 5 fully saturated rings. The molecular weight excluding hydrogens is 192 g/mol. The van der Waals surface area contributed by atoms with Crippen LogP contribution in [0.4, 0.5) is 0 Å². The first-order valence-electron chi connectivity index (χ1n) is 7.48. The second kappa shape index (κ2) is 2.54. The van der Waals surface area contributed by atoms with Crippen molar-refractivity contribution in [1.82, 2.24) is 0 Å². The summed E-state index contributed by atoms with van der Waals surface area (Å²) in [5.41, 5.74) is 1.57. The van der Waals surface area contributed by atoms with Crippen molar-refractivity contribution in [3.8, 4) is 0 Å². The van der Waals surface area contributed by atoms with Crippen LogP contribution in [0.2, 0.25) is 0 Å². The lowest BCUT2D eigenvalue weighted by Gasteiger charge is -2.72. The van der Waals surface area contributed by atoms with Crippen LogP contribution in [0.25, 0.3) is 0 Å². The van der Waals surface area contributed by atoms with E-state index in [1.807, 2.05) is 0 Å². The van der Waals surface area contributed by atoms with E-state index < -0.39 is 0 Å². The van der Waals surface area contributed by atoms with Crippen LogP contribution in [-0.4, -0.2) is 0 Å². The van der Waals surface area contributed by atoms with Crippen molar-refractivity contribution < 1.29 is 0 Å². The molecule has 0 saturated heterocycles. The van der Waals surface area contributed by atoms with Gasteiger partial charge in [0.1, 0.15) is 0 Å². The summed E-state index contributed by atoms with van der Waals surface area (Å²) in [5.74, 6) is 6.50. The molecule has 7 atom stereocenters. The number of hydrogen-bond acceptors (Lipinski definition) is 0. The first kappa shape index (κ1) is 9.97. The smallest absolute Gasteiger partial charge is 0.0258 e. The lowest BCUT2D eigenvalue weighted by atomic mass is 9.32. The maximum atomic E-state index is 2.63. The van der Waals surface area contributed by atoms with Gasteiger partial charge in [-0.15, -0.1) is 0 Å². The molecule has 0 amide bonds. The van der Waals surface area contributed by atoms with E-state index in [2.05, 4.69) is 27.7 Å². The van der Waals surface area contributed by atoms with Crippen LogP contribution in [0.3, 0.4) is 0 Å². The molecule has 0 radical (unpaired) electrons. The van der Waals surface area contributed by atoms with Gasteiger partial charge in [-0.3, -0.25) is 0 Å². The molecule has 16 heavy (non-hydrogen) atoms. The topological polar surface area (TPSA) is 0 Å². The van der Waals surface area contributed by atoms with E-state index >= 15 is 0 Å². The molecule has 90 valence electrons. The van der Waals surface area contributed by atoms with Crippen molar-refractivity contribution in [1.29, 1.82) is 0 Å². The highest BCUT2D eigenvalue weighted by atomic mass is 14.8. The van der Waals surface area contributed by atoms with Gasteiger partial charge in [0.05, 0.1) is 0 Å². The van der Waals surface area contributed by atoms with Gasteiger partial charge in [0.15, 0.2) is 0 Å². The molecule has 5 aliphatic carbocycles. The third kappa shape index (κ3) is 0.842. The minimum Gasteiger partial charge on any atom is -0.0625 e. The highest BCUT2D eigenvalue weighted by molar-refractivity contribution is 5.25. The summed E-state index contributed by atoms with van der Waals surface area (Å²) in [6.45, 7) is 10.2. The van der Waals surface area contributed by atoms with Crippen LogP contribution in [-0.2, 0) is 0 Å². The fraction of sp³-hybridized carbons (Fsp3) is 1.00. The number of hydrogen-bond donors (Lipinski definition) is 0. The first-order chi connectivity index (χ1) is 7.48. The molecule has 0 heteroatoms. The van der Waals surface area contributed by atoms with Gasteiger partial charge in [0.25, 0.3) is 0 Å². The van der Waals surface area contributed by atoms with Crippen LogP contribution in [0.5, 0.6) is 0 Å². The summed E-state index contributed by atoms with van der Waals surface area (Å²) in [4.78, 5) is 0.